The molecule has 2 amide bonds. The SMILES string of the molecule is COCC(NC(=O)N(C)CCc1ccccc1)C(=O)O. The van der Waals surface area contributed by atoms with Crippen molar-refractivity contribution in [2.75, 3.05) is 27.3 Å². The molecule has 0 saturated carbocycles. The number of hydrogen-bond acceptors (Lipinski definition) is 3. The molecule has 110 valence electrons. The van der Waals surface area contributed by atoms with Crippen LogP contribution in [0.5, 0.6) is 0 Å². The van der Waals surface area contributed by atoms with E-state index in [0.717, 1.165) is 5.56 Å². The number of amides is 2. The molecule has 1 unspecified atom stereocenters. The number of carboxylic acid groups (broad SMARTS) is 1. The molecule has 2 N–H and O–H groups in total. The molecule has 20 heavy (non-hydrogen) atoms. The van der Waals surface area contributed by atoms with Crippen molar-refractivity contribution in [2.45, 2.75) is 12.5 Å². The molecule has 0 fully saturated rings. The van der Waals surface area contributed by atoms with Crippen molar-refractivity contribution in [1.82, 2.24) is 10.2 Å². The Balaban J connectivity index is 2.44. The monoisotopic (exact) mass is 280 g/mol. The molecule has 1 atom stereocenters. The third kappa shape index (κ3) is 5.27. The fourth-order valence-electron chi connectivity index (χ4n) is 1.64. The van der Waals surface area contributed by atoms with Crippen LogP contribution in [0.3, 0.4) is 0 Å². The lowest BCUT2D eigenvalue weighted by atomic mass is 10.1. The van der Waals surface area contributed by atoms with Crippen LogP contribution >= 0.6 is 0 Å². The zero-order chi connectivity index (χ0) is 15.0. The van der Waals surface area contributed by atoms with Gasteiger partial charge in [-0.3, -0.25) is 0 Å². The number of nitrogens with zero attached hydrogens (tertiary/aromatic N) is 1. The first-order valence-corrected chi connectivity index (χ1v) is 6.32. The Hall–Kier alpha value is -2.08. The highest BCUT2D eigenvalue weighted by molar-refractivity contribution is 5.82. The van der Waals surface area contributed by atoms with Crippen molar-refractivity contribution in [2.24, 2.45) is 0 Å². The fraction of sp³-hybridized carbons (Fsp3) is 0.429. The van der Waals surface area contributed by atoms with Gasteiger partial charge in [-0.05, 0) is 12.0 Å². The molecule has 0 aliphatic rings. The van der Waals surface area contributed by atoms with Gasteiger partial charge in [-0.15, -0.1) is 0 Å². The summed E-state index contributed by atoms with van der Waals surface area (Å²) in [5.41, 5.74) is 1.12. The molecule has 0 spiro atoms. The van der Waals surface area contributed by atoms with Gasteiger partial charge in [0.1, 0.15) is 0 Å². The molecular formula is C14H20N2O4. The highest BCUT2D eigenvalue weighted by atomic mass is 16.5. The average molecular weight is 280 g/mol. The molecular weight excluding hydrogens is 260 g/mol. The molecule has 0 aromatic heterocycles. The number of carbonyl (C=O) groups excluding carboxylic acids is 1. The second-order valence-corrected chi connectivity index (χ2v) is 4.45. The minimum atomic E-state index is -1.11. The molecule has 0 aliphatic carbocycles. The summed E-state index contributed by atoms with van der Waals surface area (Å²) in [5, 5.41) is 11.3. The first kappa shape index (κ1) is 16.0. The quantitative estimate of drug-likeness (QED) is 0.780. The number of methoxy groups -OCH3 is 1. The third-order valence-corrected chi connectivity index (χ3v) is 2.85. The number of likely N-dealkylation sites (N-methyl/N-ethyl adjacent to an activating group) is 1. The molecule has 6 nitrogen and oxygen atoms in total. The maximum atomic E-state index is 11.8. The first-order chi connectivity index (χ1) is 9.54. The number of nitrogens with one attached hydrogen (secondary N) is 1. The van der Waals surface area contributed by atoms with E-state index in [1.165, 1.54) is 12.0 Å². The first-order valence-electron chi connectivity index (χ1n) is 6.32. The maximum Gasteiger partial charge on any atom is 0.328 e. The lowest BCUT2D eigenvalue weighted by Crippen LogP contribution is -2.49. The Bertz CT molecular complexity index is 436. The van der Waals surface area contributed by atoms with Crippen molar-refractivity contribution in [1.29, 1.82) is 0 Å². The van der Waals surface area contributed by atoms with Crippen LogP contribution in [0.1, 0.15) is 5.56 Å². The summed E-state index contributed by atoms with van der Waals surface area (Å²) in [6.45, 7) is 0.447. The van der Waals surface area contributed by atoms with Crippen LogP contribution in [-0.2, 0) is 16.0 Å². The molecule has 1 rings (SSSR count). The van der Waals surface area contributed by atoms with E-state index in [1.807, 2.05) is 30.3 Å². The Kier molecular flexibility index (Phi) is 6.52. The Morgan fingerprint density at radius 3 is 2.55 bits per heavy atom. The van der Waals surface area contributed by atoms with Crippen LogP contribution in [0.15, 0.2) is 30.3 Å². The molecule has 0 bridgehead atoms. The lowest BCUT2D eigenvalue weighted by molar-refractivity contribution is -0.140. The van der Waals surface area contributed by atoms with Crippen molar-refractivity contribution < 1.29 is 19.4 Å². The van der Waals surface area contributed by atoms with Gasteiger partial charge in [0.2, 0.25) is 0 Å². The van der Waals surface area contributed by atoms with Gasteiger partial charge in [-0.2, -0.15) is 0 Å². The van der Waals surface area contributed by atoms with Gasteiger partial charge in [-0.25, -0.2) is 9.59 Å². The van der Waals surface area contributed by atoms with Gasteiger partial charge in [0.15, 0.2) is 6.04 Å². The van der Waals surface area contributed by atoms with E-state index in [9.17, 15) is 9.59 Å². The van der Waals surface area contributed by atoms with E-state index in [1.54, 1.807) is 7.05 Å². The largest absolute Gasteiger partial charge is 0.480 e. The summed E-state index contributed by atoms with van der Waals surface area (Å²) in [7, 11) is 3.02. The van der Waals surface area contributed by atoms with Gasteiger partial charge >= 0.3 is 12.0 Å². The van der Waals surface area contributed by atoms with Crippen LogP contribution in [0.2, 0.25) is 0 Å². The Morgan fingerprint density at radius 1 is 1.35 bits per heavy atom. The summed E-state index contributed by atoms with van der Waals surface area (Å²) in [5.74, 6) is -1.11. The fourth-order valence-corrected chi connectivity index (χ4v) is 1.64. The van der Waals surface area contributed by atoms with E-state index >= 15 is 0 Å². The Labute approximate surface area is 118 Å². The van der Waals surface area contributed by atoms with Crippen LogP contribution in [0, 0.1) is 0 Å². The van der Waals surface area contributed by atoms with Gasteiger partial charge in [0.25, 0.3) is 0 Å². The average Bonchev–Trinajstić information content (AvgIpc) is 2.45. The number of carbonyl (C=O) groups is 2. The third-order valence-electron chi connectivity index (χ3n) is 2.85. The zero-order valence-electron chi connectivity index (χ0n) is 11.7. The van der Waals surface area contributed by atoms with Gasteiger partial charge < -0.3 is 20.1 Å². The van der Waals surface area contributed by atoms with Crippen molar-refractivity contribution in [3.8, 4) is 0 Å². The van der Waals surface area contributed by atoms with Crippen LogP contribution in [-0.4, -0.2) is 55.4 Å². The van der Waals surface area contributed by atoms with Crippen molar-refractivity contribution in [3.63, 3.8) is 0 Å². The van der Waals surface area contributed by atoms with Crippen molar-refractivity contribution >= 4 is 12.0 Å². The minimum absolute atomic E-state index is 0.0619. The molecule has 1 aromatic rings. The van der Waals surface area contributed by atoms with Gasteiger partial charge in [-0.1, -0.05) is 30.3 Å². The predicted molar refractivity (Wildman–Crippen MR) is 74.6 cm³/mol. The standard InChI is InChI=1S/C14H20N2O4/c1-16(9-8-11-6-4-3-5-7-11)14(19)15-12(10-20-2)13(17)18/h3-7,12H,8-10H2,1-2H3,(H,15,19)(H,17,18). The highest BCUT2D eigenvalue weighted by Gasteiger charge is 2.21. The summed E-state index contributed by atoms with van der Waals surface area (Å²) in [4.78, 5) is 24.2. The second-order valence-electron chi connectivity index (χ2n) is 4.45. The number of benzene rings is 1. The van der Waals surface area contributed by atoms with Crippen LogP contribution in [0.25, 0.3) is 0 Å². The molecule has 6 heteroatoms. The smallest absolute Gasteiger partial charge is 0.328 e. The van der Waals surface area contributed by atoms with E-state index in [2.05, 4.69) is 5.32 Å². The highest BCUT2D eigenvalue weighted by Crippen LogP contribution is 2.01. The molecule has 0 aliphatic heterocycles. The summed E-state index contributed by atoms with van der Waals surface area (Å²) in [6, 6.07) is 8.32. The van der Waals surface area contributed by atoms with Crippen LogP contribution in [0.4, 0.5) is 4.79 Å². The number of aliphatic carboxylic acids is 1. The maximum absolute atomic E-state index is 11.8. The summed E-state index contributed by atoms with van der Waals surface area (Å²) in [6.07, 6.45) is 0.715. The van der Waals surface area contributed by atoms with E-state index in [0.29, 0.717) is 13.0 Å². The number of ether oxygens (including phenoxy) is 1. The second kappa shape index (κ2) is 8.16. The lowest BCUT2D eigenvalue weighted by Gasteiger charge is -2.21. The summed E-state index contributed by atoms with van der Waals surface area (Å²) >= 11 is 0. The van der Waals surface area contributed by atoms with Crippen LogP contribution < -0.4 is 5.32 Å². The van der Waals surface area contributed by atoms with Crippen molar-refractivity contribution in [3.05, 3.63) is 35.9 Å². The topological polar surface area (TPSA) is 78.9 Å². The Morgan fingerprint density at radius 2 is 2.00 bits per heavy atom. The molecule has 0 heterocycles. The molecule has 0 radical (unpaired) electrons. The normalized spacial score (nSPS) is 11.7. The van der Waals surface area contributed by atoms with Gasteiger partial charge in [0.05, 0.1) is 6.61 Å². The minimum Gasteiger partial charge on any atom is -0.480 e. The number of carboxylic acids is 1. The number of hydrogen-bond donors (Lipinski definition) is 2. The molecule has 0 saturated heterocycles. The summed E-state index contributed by atoms with van der Waals surface area (Å²) < 4.78 is 4.76. The number of rotatable bonds is 7. The van der Waals surface area contributed by atoms with E-state index < -0.39 is 18.0 Å². The predicted octanol–water partition coefficient (Wildman–Crippen LogP) is 0.970. The van der Waals surface area contributed by atoms with E-state index in [-0.39, 0.29) is 6.61 Å². The van der Waals surface area contributed by atoms with Gasteiger partial charge in [0, 0.05) is 20.7 Å². The van der Waals surface area contributed by atoms with E-state index in [4.69, 9.17) is 9.84 Å². The number of urea groups is 1. The zero-order valence-corrected chi connectivity index (χ0v) is 11.7. The molecule has 1 aromatic carbocycles.